The third-order valence-corrected chi connectivity index (χ3v) is 3.30. The number of hydrogen-bond acceptors (Lipinski definition) is 3. The van der Waals surface area contributed by atoms with E-state index < -0.39 is 11.7 Å². The summed E-state index contributed by atoms with van der Waals surface area (Å²) in [5.74, 6) is 0.672. The smallest absolute Gasteiger partial charge is 0.419 e. The van der Waals surface area contributed by atoms with Gasteiger partial charge in [-0.15, -0.1) is 12.4 Å². The van der Waals surface area contributed by atoms with Gasteiger partial charge in [0.05, 0.1) is 23.5 Å². The molecule has 1 atom stereocenters. The zero-order valence-corrected chi connectivity index (χ0v) is 11.8. The fourth-order valence-corrected chi connectivity index (χ4v) is 2.19. The van der Waals surface area contributed by atoms with Gasteiger partial charge < -0.3 is 10.1 Å². The minimum atomic E-state index is -4.39. The number of ether oxygens (including phenoxy) is 1. The highest BCUT2D eigenvalue weighted by Gasteiger charge is 2.32. The van der Waals surface area contributed by atoms with Crippen molar-refractivity contribution in [2.45, 2.75) is 12.2 Å². The molecule has 1 unspecified atom stereocenters. The number of likely N-dealkylation sites (N-methyl/N-ethyl adjacent to an activating group) is 1. The molecule has 1 aromatic carbocycles. The fraction of sp³-hybridized carbons (Fsp3) is 0.308. The summed E-state index contributed by atoms with van der Waals surface area (Å²) in [6.07, 6.45) is -2.61. The first-order valence-electron chi connectivity index (χ1n) is 6.05. The molecule has 0 radical (unpaired) electrons. The summed E-state index contributed by atoms with van der Waals surface area (Å²) in [5.41, 5.74) is 0.766. The van der Waals surface area contributed by atoms with Gasteiger partial charge in [-0.25, -0.2) is 4.68 Å². The second kappa shape index (κ2) is 5.57. The maximum Gasteiger partial charge on any atom is 0.419 e. The number of nitrogens with one attached hydrogen (secondary N) is 1. The van der Waals surface area contributed by atoms with E-state index in [1.807, 2.05) is 13.1 Å². The number of fused-ring (bicyclic) bond motifs is 1. The average molecular weight is 320 g/mol. The van der Waals surface area contributed by atoms with E-state index in [2.05, 4.69) is 10.4 Å². The Hall–Kier alpha value is -1.73. The van der Waals surface area contributed by atoms with Crippen LogP contribution in [0.5, 0.6) is 5.75 Å². The normalized spacial score (nSPS) is 17.0. The van der Waals surface area contributed by atoms with Gasteiger partial charge in [0.15, 0.2) is 0 Å². The Balaban J connectivity index is 0.00000161. The fourth-order valence-electron chi connectivity index (χ4n) is 2.19. The van der Waals surface area contributed by atoms with Crippen LogP contribution in [0.25, 0.3) is 5.69 Å². The summed E-state index contributed by atoms with van der Waals surface area (Å²) in [5, 5.41) is 6.85. The molecule has 4 nitrogen and oxygen atoms in total. The van der Waals surface area contributed by atoms with Crippen molar-refractivity contribution in [2.75, 3.05) is 13.7 Å². The van der Waals surface area contributed by atoms with Gasteiger partial charge in [0.2, 0.25) is 0 Å². The lowest BCUT2D eigenvalue weighted by Crippen LogP contribution is -2.17. The van der Waals surface area contributed by atoms with Crippen molar-refractivity contribution >= 4 is 12.4 Å². The number of hydrogen-bond donors (Lipinski definition) is 1. The molecule has 3 rings (SSSR count). The lowest BCUT2D eigenvalue weighted by Gasteiger charge is -2.07. The number of aromatic nitrogens is 2. The molecule has 1 aliphatic heterocycles. The van der Waals surface area contributed by atoms with Gasteiger partial charge in [-0.05, 0) is 13.1 Å². The Kier molecular flexibility index (Phi) is 4.15. The number of benzene rings is 1. The first-order chi connectivity index (χ1) is 9.49. The van der Waals surface area contributed by atoms with Crippen LogP contribution in [0.3, 0.4) is 0 Å². The third kappa shape index (κ3) is 2.84. The van der Waals surface area contributed by atoms with Gasteiger partial charge in [-0.2, -0.15) is 18.3 Å². The third-order valence-electron chi connectivity index (χ3n) is 3.30. The van der Waals surface area contributed by atoms with Crippen LogP contribution in [0.4, 0.5) is 13.2 Å². The summed E-state index contributed by atoms with van der Waals surface area (Å²) in [7, 11) is 1.83. The molecule has 1 N–H and O–H groups in total. The van der Waals surface area contributed by atoms with Crippen molar-refractivity contribution in [1.82, 2.24) is 15.1 Å². The molecule has 0 saturated carbocycles. The first-order valence-corrected chi connectivity index (χ1v) is 6.05. The minimum Gasteiger partial charge on any atom is -0.491 e. The molecule has 2 heterocycles. The predicted octanol–water partition coefficient (Wildman–Crippen LogP) is 2.97. The van der Waals surface area contributed by atoms with E-state index in [9.17, 15) is 13.2 Å². The highest BCUT2D eigenvalue weighted by Crippen LogP contribution is 2.34. The van der Waals surface area contributed by atoms with Crippen LogP contribution in [-0.4, -0.2) is 23.4 Å². The number of nitrogens with zero attached hydrogens (tertiary/aromatic N) is 2. The highest BCUT2D eigenvalue weighted by atomic mass is 35.5. The van der Waals surface area contributed by atoms with Crippen LogP contribution in [0.15, 0.2) is 30.6 Å². The van der Waals surface area contributed by atoms with E-state index in [-0.39, 0.29) is 18.4 Å². The Morgan fingerprint density at radius 2 is 2.14 bits per heavy atom. The number of halogens is 4. The zero-order chi connectivity index (χ0) is 14.3. The van der Waals surface area contributed by atoms with Crippen LogP contribution in [0.1, 0.15) is 17.2 Å². The minimum absolute atomic E-state index is 0. The molecule has 114 valence electrons. The Bertz CT molecular complexity index is 642. The maximum absolute atomic E-state index is 12.5. The van der Waals surface area contributed by atoms with E-state index in [1.54, 1.807) is 12.1 Å². The maximum atomic E-state index is 12.5. The van der Waals surface area contributed by atoms with Crippen molar-refractivity contribution in [2.24, 2.45) is 0 Å². The zero-order valence-electron chi connectivity index (χ0n) is 11.0. The Labute approximate surface area is 125 Å². The van der Waals surface area contributed by atoms with Crippen molar-refractivity contribution in [3.05, 3.63) is 41.7 Å². The molecule has 0 amide bonds. The first kappa shape index (κ1) is 15.7. The molecule has 1 aromatic heterocycles. The van der Waals surface area contributed by atoms with Crippen molar-refractivity contribution in [3.63, 3.8) is 0 Å². The summed E-state index contributed by atoms with van der Waals surface area (Å²) in [4.78, 5) is 0. The number of alkyl halides is 3. The van der Waals surface area contributed by atoms with E-state index in [1.165, 1.54) is 4.68 Å². The predicted molar refractivity (Wildman–Crippen MR) is 73.1 cm³/mol. The summed E-state index contributed by atoms with van der Waals surface area (Å²) < 4.78 is 44.3. The molecule has 8 heteroatoms. The van der Waals surface area contributed by atoms with E-state index in [0.29, 0.717) is 18.0 Å². The Morgan fingerprint density at radius 3 is 2.76 bits per heavy atom. The standard InChI is InChI=1S/C13H12F3N3O.ClH/c1-17-11-7-20-12-4-9(2-3-10(11)12)19-6-8(5-18-19)13(14,15)16;/h2-6,11,17H,7H2,1H3;1H. The van der Waals surface area contributed by atoms with Gasteiger partial charge in [0.1, 0.15) is 12.4 Å². The van der Waals surface area contributed by atoms with Gasteiger partial charge >= 0.3 is 6.18 Å². The molecular weight excluding hydrogens is 307 g/mol. The van der Waals surface area contributed by atoms with Gasteiger partial charge in [-0.1, -0.05) is 6.07 Å². The molecule has 2 aromatic rings. The average Bonchev–Trinajstić information content (AvgIpc) is 3.04. The molecule has 0 aliphatic carbocycles. The van der Waals surface area contributed by atoms with E-state index in [4.69, 9.17) is 4.74 Å². The van der Waals surface area contributed by atoms with Crippen LogP contribution in [0, 0.1) is 0 Å². The van der Waals surface area contributed by atoms with E-state index in [0.717, 1.165) is 18.0 Å². The lowest BCUT2D eigenvalue weighted by molar-refractivity contribution is -0.137. The SMILES string of the molecule is CNC1COc2cc(-n3cc(C(F)(F)F)cn3)ccc21.Cl. The van der Waals surface area contributed by atoms with Gasteiger partial charge in [-0.3, -0.25) is 0 Å². The second-order valence-electron chi connectivity index (χ2n) is 4.55. The quantitative estimate of drug-likeness (QED) is 0.925. The largest absolute Gasteiger partial charge is 0.491 e. The van der Waals surface area contributed by atoms with Crippen molar-refractivity contribution in [3.8, 4) is 11.4 Å². The van der Waals surface area contributed by atoms with Gasteiger partial charge in [0.25, 0.3) is 0 Å². The van der Waals surface area contributed by atoms with Crippen molar-refractivity contribution < 1.29 is 17.9 Å². The van der Waals surface area contributed by atoms with Crippen LogP contribution in [0.2, 0.25) is 0 Å². The topological polar surface area (TPSA) is 39.1 Å². The molecule has 0 fully saturated rings. The molecule has 1 aliphatic rings. The molecule has 0 saturated heterocycles. The van der Waals surface area contributed by atoms with Crippen LogP contribution >= 0.6 is 12.4 Å². The lowest BCUT2D eigenvalue weighted by atomic mass is 10.1. The molecular formula is C13H13ClF3N3O. The summed E-state index contributed by atoms with van der Waals surface area (Å²) >= 11 is 0. The monoisotopic (exact) mass is 319 g/mol. The van der Waals surface area contributed by atoms with Crippen molar-refractivity contribution in [1.29, 1.82) is 0 Å². The van der Waals surface area contributed by atoms with Gasteiger partial charge in [0, 0.05) is 17.8 Å². The summed E-state index contributed by atoms with van der Waals surface area (Å²) in [6.45, 7) is 0.516. The molecule has 21 heavy (non-hydrogen) atoms. The molecule has 0 spiro atoms. The van der Waals surface area contributed by atoms with Crippen LogP contribution in [-0.2, 0) is 6.18 Å². The number of rotatable bonds is 2. The Morgan fingerprint density at radius 1 is 1.38 bits per heavy atom. The summed E-state index contributed by atoms with van der Waals surface area (Å²) in [6, 6.07) is 5.38. The highest BCUT2D eigenvalue weighted by molar-refractivity contribution is 5.85. The van der Waals surface area contributed by atoms with E-state index >= 15 is 0 Å². The molecule has 0 bridgehead atoms. The second-order valence-corrected chi connectivity index (χ2v) is 4.55. The van der Waals surface area contributed by atoms with Crippen LogP contribution < -0.4 is 10.1 Å².